The van der Waals surface area contributed by atoms with Crippen molar-refractivity contribution in [1.82, 2.24) is 24.5 Å². The Labute approximate surface area is 189 Å². The van der Waals surface area contributed by atoms with Crippen LogP contribution in [0.15, 0.2) is 47.3 Å². The highest BCUT2D eigenvalue weighted by Gasteiger charge is 2.21. The highest BCUT2D eigenvalue weighted by molar-refractivity contribution is 7.69. The number of anilines is 2. The lowest BCUT2D eigenvalue weighted by molar-refractivity contribution is 0.438. The van der Waals surface area contributed by atoms with Crippen LogP contribution in [0.25, 0.3) is 16.7 Å². The Morgan fingerprint density at radius 1 is 1.33 bits per heavy atom. The molecule has 3 heterocycles. The van der Waals surface area contributed by atoms with Gasteiger partial charge in [0.15, 0.2) is 0 Å². The van der Waals surface area contributed by atoms with Crippen molar-refractivity contribution in [2.45, 2.75) is 13.0 Å². The first-order valence-corrected chi connectivity index (χ1v) is 10.5. The number of halogens is 1. The molecule has 0 aliphatic rings. The van der Waals surface area contributed by atoms with E-state index in [4.69, 9.17) is 5.73 Å². The number of nitrogens with two attached hydrogens (primary N) is 1. The lowest BCUT2D eigenvalue weighted by atomic mass is 10.2. The zero-order valence-electron chi connectivity index (χ0n) is 17.4. The van der Waals surface area contributed by atoms with Crippen molar-refractivity contribution in [2.75, 3.05) is 18.2 Å². The first-order valence-electron chi connectivity index (χ1n) is 9.49. The van der Waals surface area contributed by atoms with E-state index in [1.54, 1.807) is 29.8 Å². The highest BCUT2D eigenvalue weighted by Crippen LogP contribution is 2.29. The largest absolute Gasteiger partial charge is 0.441 e. The minimum atomic E-state index is -1.88. The number of pyridine rings is 1. The molecule has 3 N–H and O–H groups in total. The molecule has 0 amide bonds. The minimum absolute atomic E-state index is 0.0439. The Bertz CT molecular complexity index is 1470. The van der Waals surface area contributed by atoms with Gasteiger partial charge in [-0.15, -0.1) is 0 Å². The number of hydrogen-bond donors (Lipinski definition) is 2. The molecule has 0 saturated carbocycles. The summed E-state index contributed by atoms with van der Waals surface area (Å²) in [7, 11) is -0.612. The predicted molar refractivity (Wildman–Crippen MR) is 119 cm³/mol. The van der Waals surface area contributed by atoms with E-state index in [0.717, 1.165) is 0 Å². The van der Waals surface area contributed by atoms with Gasteiger partial charge in [-0.2, -0.15) is 5.26 Å². The first-order chi connectivity index (χ1) is 15.9. The number of hydrogen-bond acceptors (Lipinski definition) is 11. The van der Waals surface area contributed by atoms with E-state index in [1.165, 1.54) is 31.8 Å². The molecule has 0 spiro atoms. The van der Waals surface area contributed by atoms with Crippen LogP contribution < -0.4 is 11.1 Å². The molecular formula is C20H17FN9O2S-. The molecule has 3 aromatic heterocycles. The van der Waals surface area contributed by atoms with Crippen molar-refractivity contribution in [3.8, 4) is 11.8 Å². The zero-order chi connectivity index (χ0) is 23.5. The van der Waals surface area contributed by atoms with Crippen molar-refractivity contribution in [2.24, 2.45) is 4.36 Å². The average Bonchev–Trinajstić information content (AvgIpc) is 3.18. The molecule has 0 aliphatic heterocycles. The van der Waals surface area contributed by atoms with Gasteiger partial charge in [-0.3, -0.25) is 9.55 Å². The Morgan fingerprint density at radius 2 is 2.15 bits per heavy atom. The van der Waals surface area contributed by atoms with Gasteiger partial charge in [-0.25, -0.2) is 19.3 Å². The topological polar surface area (TPSA) is 157 Å². The molecule has 11 nitrogen and oxygen atoms in total. The Kier molecular flexibility index (Phi) is 6.11. The molecule has 0 bridgehead atoms. The van der Waals surface area contributed by atoms with E-state index in [-0.39, 0.29) is 17.2 Å². The van der Waals surface area contributed by atoms with Crippen molar-refractivity contribution >= 4 is 39.2 Å². The first kappa shape index (κ1) is 22.1. The van der Waals surface area contributed by atoms with E-state index in [2.05, 4.69) is 33.8 Å². The fourth-order valence-electron chi connectivity index (χ4n) is 3.23. The molecule has 1 aromatic carbocycles. The monoisotopic (exact) mass is 466 g/mol. The molecule has 33 heavy (non-hydrogen) atoms. The predicted octanol–water partition coefficient (Wildman–Crippen LogP) is 3.32. The van der Waals surface area contributed by atoms with Crippen LogP contribution in [-0.2, 0) is 19.3 Å². The summed E-state index contributed by atoms with van der Waals surface area (Å²) in [6.45, 7) is 1.80. The molecule has 4 rings (SSSR count). The van der Waals surface area contributed by atoms with Crippen molar-refractivity contribution in [3.05, 3.63) is 60.2 Å². The molecule has 0 fully saturated rings. The number of nitrogen functional groups attached to an aromatic ring is 1. The van der Waals surface area contributed by atoms with E-state index < -0.39 is 22.7 Å². The molecule has 0 radical (unpaired) electrons. The summed E-state index contributed by atoms with van der Waals surface area (Å²) in [5.41, 5.74) is 7.70. The van der Waals surface area contributed by atoms with Gasteiger partial charge < -0.3 is 23.8 Å². The summed E-state index contributed by atoms with van der Waals surface area (Å²) in [5, 5.41) is 12.5. The second kappa shape index (κ2) is 9.15. The summed E-state index contributed by atoms with van der Waals surface area (Å²) < 4.78 is 36.1. The SMILES string of the molecule is CO[S-](=O)=Nc1cncc(-n2c([C@@H](C)Nc3ncnc(N)c3C#N)nc3ccc(F)cc32)c1. The molecule has 168 valence electrons. The number of rotatable bonds is 6. The highest BCUT2D eigenvalue weighted by atomic mass is 32.2. The fourth-order valence-corrected chi connectivity index (χ4v) is 3.58. The summed E-state index contributed by atoms with van der Waals surface area (Å²) in [6.07, 6.45) is 4.21. The summed E-state index contributed by atoms with van der Waals surface area (Å²) in [5.74, 6) is 0.311. The number of fused-ring (bicyclic) bond motifs is 1. The van der Waals surface area contributed by atoms with Gasteiger partial charge in [-0.05, 0) is 25.1 Å². The molecule has 4 aromatic rings. The van der Waals surface area contributed by atoms with Crippen molar-refractivity contribution in [1.29, 1.82) is 5.26 Å². The lowest BCUT2D eigenvalue weighted by Gasteiger charge is -2.18. The summed E-state index contributed by atoms with van der Waals surface area (Å²) >= 11 is 0. The van der Waals surface area contributed by atoms with Crippen LogP contribution in [0.5, 0.6) is 0 Å². The van der Waals surface area contributed by atoms with Gasteiger partial charge in [0.2, 0.25) is 0 Å². The number of aromatic nitrogens is 5. The van der Waals surface area contributed by atoms with Gasteiger partial charge in [0.05, 0.1) is 40.8 Å². The Hall–Kier alpha value is -4.15. The number of imidazole rings is 1. The average molecular weight is 466 g/mol. The van der Waals surface area contributed by atoms with Crippen molar-refractivity contribution in [3.63, 3.8) is 0 Å². The van der Waals surface area contributed by atoms with Crippen LogP contribution in [0.4, 0.5) is 21.7 Å². The second-order valence-corrected chi connectivity index (χ2v) is 7.73. The summed E-state index contributed by atoms with van der Waals surface area (Å²) in [6, 6.07) is 7.31. The van der Waals surface area contributed by atoms with Crippen LogP contribution in [0, 0.1) is 17.1 Å². The smallest absolute Gasteiger partial charge is 0.150 e. The molecule has 1 atom stereocenters. The second-order valence-electron chi connectivity index (χ2n) is 6.78. The van der Waals surface area contributed by atoms with E-state index >= 15 is 0 Å². The quantitative estimate of drug-likeness (QED) is 0.407. The Balaban J connectivity index is 1.86. The number of nitriles is 1. The number of benzene rings is 1. The third-order valence-electron chi connectivity index (χ3n) is 4.66. The molecule has 0 saturated heterocycles. The fraction of sp³-hybridized carbons (Fsp3) is 0.150. The molecular weight excluding hydrogens is 449 g/mol. The van der Waals surface area contributed by atoms with Crippen LogP contribution in [0.2, 0.25) is 0 Å². The zero-order valence-corrected chi connectivity index (χ0v) is 18.2. The van der Waals surface area contributed by atoms with Gasteiger partial charge in [-0.1, -0.05) is 10.9 Å². The van der Waals surface area contributed by atoms with Gasteiger partial charge in [0.1, 0.15) is 41.2 Å². The van der Waals surface area contributed by atoms with Gasteiger partial charge >= 0.3 is 0 Å². The van der Waals surface area contributed by atoms with Crippen molar-refractivity contribution < 1.29 is 12.8 Å². The van der Waals surface area contributed by atoms with E-state index in [9.17, 15) is 13.9 Å². The van der Waals surface area contributed by atoms with Gasteiger partial charge in [0.25, 0.3) is 0 Å². The van der Waals surface area contributed by atoms with E-state index in [0.29, 0.717) is 28.2 Å². The third kappa shape index (κ3) is 4.43. The maximum atomic E-state index is 14.1. The number of nitrogens with zero attached hydrogens (tertiary/aromatic N) is 7. The van der Waals surface area contributed by atoms with Crippen LogP contribution in [0.1, 0.15) is 24.4 Å². The summed E-state index contributed by atoms with van der Waals surface area (Å²) in [4.78, 5) is 16.7. The standard InChI is InChI=1S/C20H17FN9O2S/c1-11(27-19-15(7-22)18(23)25-10-26-19)20-28-16-4-3-12(21)5-17(16)30(20)14-6-13(8-24-9-14)29-33(31)32-2/h3-6,8-11H,1-2H3,(H3,23,25,26,27)/q-1/t11-/m1/s1. The minimum Gasteiger partial charge on any atom is -0.441 e. The molecule has 0 unspecified atom stereocenters. The maximum Gasteiger partial charge on any atom is 0.150 e. The number of nitrogens with one attached hydrogen (secondary N) is 1. The molecule has 13 heteroatoms. The van der Waals surface area contributed by atoms with Crippen LogP contribution in [0.3, 0.4) is 0 Å². The normalized spacial score (nSPS) is 13.0. The van der Waals surface area contributed by atoms with Gasteiger partial charge in [0, 0.05) is 13.2 Å². The van der Waals surface area contributed by atoms with E-state index in [1.807, 2.05) is 6.07 Å². The van der Waals surface area contributed by atoms with Crippen LogP contribution in [-0.4, -0.2) is 31.6 Å². The third-order valence-corrected chi connectivity index (χ3v) is 5.31. The van der Waals surface area contributed by atoms with Crippen LogP contribution >= 0.6 is 0 Å². The Morgan fingerprint density at radius 3 is 2.91 bits per heavy atom. The molecule has 0 aliphatic carbocycles. The maximum absolute atomic E-state index is 14.1. The lowest BCUT2D eigenvalue weighted by Crippen LogP contribution is -2.15.